The first-order chi connectivity index (χ1) is 8.16. The molecule has 0 fully saturated rings. The molecule has 0 amide bonds. The summed E-state index contributed by atoms with van der Waals surface area (Å²) < 4.78 is 0. The first kappa shape index (κ1) is 12.4. The molecule has 0 spiro atoms. The summed E-state index contributed by atoms with van der Waals surface area (Å²) in [6, 6.07) is 7.41. The summed E-state index contributed by atoms with van der Waals surface area (Å²) in [6.07, 6.45) is 2.65. The van der Waals surface area contributed by atoms with Crippen LogP contribution in [0.1, 0.15) is 18.6 Å². The molecule has 1 aromatic carbocycles. The van der Waals surface area contributed by atoms with Gasteiger partial charge in [0.05, 0.1) is 6.10 Å². The van der Waals surface area contributed by atoms with Gasteiger partial charge in [-0.3, -0.25) is 0 Å². The summed E-state index contributed by atoms with van der Waals surface area (Å²) in [5.74, 6) is 0. The predicted octanol–water partition coefficient (Wildman–Crippen LogP) is 3.33. The van der Waals surface area contributed by atoms with Crippen LogP contribution in [0, 0.1) is 0 Å². The molecule has 2 aromatic rings. The van der Waals surface area contributed by atoms with Crippen molar-refractivity contribution in [1.29, 1.82) is 0 Å². The Bertz CT molecular complexity index is 505. The van der Waals surface area contributed by atoms with E-state index in [4.69, 9.17) is 11.6 Å². The minimum atomic E-state index is -0.555. The van der Waals surface area contributed by atoms with Gasteiger partial charge in [0.2, 0.25) is 0 Å². The lowest BCUT2D eigenvalue weighted by atomic mass is 10.1. The van der Waals surface area contributed by atoms with Crippen molar-refractivity contribution in [3.05, 3.63) is 47.4 Å². The van der Waals surface area contributed by atoms with Crippen molar-refractivity contribution >= 4 is 23.4 Å². The fourth-order valence-corrected chi connectivity index (χ4v) is 2.56. The standard InChI is InChI=1S/C12H11ClN2OS/c1-8(16)10-3-2-9(6-11(10)13)17-12-4-5-14-7-15-12/h2-8,16H,1H3. The SMILES string of the molecule is CC(O)c1ccc(Sc2ccncn2)cc1Cl. The fourth-order valence-electron chi connectivity index (χ4n) is 1.37. The molecular formula is C12H11ClN2OS. The highest BCUT2D eigenvalue weighted by Crippen LogP contribution is 2.31. The molecule has 1 atom stereocenters. The molecule has 2 rings (SSSR count). The van der Waals surface area contributed by atoms with E-state index in [1.54, 1.807) is 13.1 Å². The second-order valence-corrected chi connectivity index (χ2v) is 5.01. The predicted molar refractivity (Wildman–Crippen MR) is 68.2 cm³/mol. The average Bonchev–Trinajstić information content (AvgIpc) is 2.30. The molecule has 1 N–H and O–H groups in total. The van der Waals surface area contributed by atoms with Gasteiger partial charge < -0.3 is 5.11 Å². The zero-order chi connectivity index (χ0) is 12.3. The van der Waals surface area contributed by atoms with E-state index >= 15 is 0 Å². The fraction of sp³-hybridized carbons (Fsp3) is 0.167. The van der Waals surface area contributed by atoms with Gasteiger partial charge in [0.15, 0.2) is 0 Å². The maximum absolute atomic E-state index is 9.47. The van der Waals surface area contributed by atoms with E-state index in [1.165, 1.54) is 18.1 Å². The molecule has 3 nitrogen and oxygen atoms in total. The minimum absolute atomic E-state index is 0.555. The monoisotopic (exact) mass is 266 g/mol. The van der Waals surface area contributed by atoms with Crippen molar-refractivity contribution in [2.24, 2.45) is 0 Å². The Morgan fingerprint density at radius 1 is 1.35 bits per heavy atom. The maximum Gasteiger partial charge on any atom is 0.116 e. The van der Waals surface area contributed by atoms with Crippen molar-refractivity contribution in [1.82, 2.24) is 9.97 Å². The molecule has 0 aliphatic carbocycles. The summed E-state index contributed by atoms with van der Waals surface area (Å²) in [5, 5.41) is 10.9. The Labute approximate surface area is 109 Å². The topological polar surface area (TPSA) is 46.0 Å². The number of hydrogen-bond donors (Lipinski definition) is 1. The molecule has 0 aliphatic rings. The Balaban J connectivity index is 2.21. The first-order valence-corrected chi connectivity index (χ1v) is 6.27. The zero-order valence-corrected chi connectivity index (χ0v) is 10.7. The van der Waals surface area contributed by atoms with E-state index < -0.39 is 6.10 Å². The quantitative estimate of drug-likeness (QED) is 0.866. The van der Waals surface area contributed by atoms with Gasteiger partial charge in [0.25, 0.3) is 0 Å². The second-order valence-electron chi connectivity index (χ2n) is 3.51. The van der Waals surface area contributed by atoms with Gasteiger partial charge in [-0.1, -0.05) is 29.4 Å². The maximum atomic E-state index is 9.47. The number of rotatable bonds is 3. The molecule has 1 unspecified atom stereocenters. The van der Waals surface area contributed by atoms with Crippen LogP contribution in [0.15, 0.2) is 46.7 Å². The summed E-state index contributed by atoms with van der Waals surface area (Å²) >= 11 is 7.59. The minimum Gasteiger partial charge on any atom is -0.389 e. The molecule has 88 valence electrons. The highest BCUT2D eigenvalue weighted by molar-refractivity contribution is 7.99. The van der Waals surface area contributed by atoms with Crippen LogP contribution >= 0.6 is 23.4 Å². The third kappa shape index (κ3) is 3.19. The molecule has 1 heterocycles. The second kappa shape index (κ2) is 5.49. The lowest BCUT2D eigenvalue weighted by Crippen LogP contribution is -1.92. The lowest BCUT2D eigenvalue weighted by Gasteiger charge is -2.08. The van der Waals surface area contributed by atoms with Gasteiger partial charge in [0.1, 0.15) is 11.4 Å². The van der Waals surface area contributed by atoms with Crippen molar-refractivity contribution in [2.45, 2.75) is 22.9 Å². The largest absolute Gasteiger partial charge is 0.389 e. The van der Waals surface area contributed by atoms with Crippen LogP contribution in [-0.4, -0.2) is 15.1 Å². The van der Waals surface area contributed by atoms with E-state index in [1.807, 2.05) is 24.3 Å². The smallest absolute Gasteiger partial charge is 0.116 e. The number of halogens is 1. The van der Waals surface area contributed by atoms with Gasteiger partial charge in [-0.15, -0.1) is 0 Å². The Hall–Kier alpha value is -1.10. The number of aliphatic hydroxyl groups is 1. The Morgan fingerprint density at radius 3 is 2.76 bits per heavy atom. The van der Waals surface area contributed by atoms with Crippen molar-refractivity contribution in [2.75, 3.05) is 0 Å². The van der Waals surface area contributed by atoms with Gasteiger partial charge in [-0.25, -0.2) is 9.97 Å². The van der Waals surface area contributed by atoms with Crippen molar-refractivity contribution in [3.8, 4) is 0 Å². The van der Waals surface area contributed by atoms with Crippen LogP contribution in [0.5, 0.6) is 0 Å². The average molecular weight is 267 g/mol. The van der Waals surface area contributed by atoms with E-state index in [2.05, 4.69) is 9.97 Å². The Morgan fingerprint density at radius 2 is 2.18 bits per heavy atom. The molecule has 0 bridgehead atoms. The van der Waals surface area contributed by atoms with E-state index in [0.29, 0.717) is 5.02 Å². The highest BCUT2D eigenvalue weighted by Gasteiger charge is 2.07. The van der Waals surface area contributed by atoms with Crippen molar-refractivity contribution < 1.29 is 5.11 Å². The van der Waals surface area contributed by atoms with E-state index in [9.17, 15) is 5.11 Å². The van der Waals surface area contributed by atoms with Gasteiger partial charge in [0, 0.05) is 16.1 Å². The van der Waals surface area contributed by atoms with Crippen LogP contribution in [0.3, 0.4) is 0 Å². The van der Waals surface area contributed by atoms with Gasteiger partial charge in [-0.05, 0) is 30.7 Å². The molecule has 0 radical (unpaired) electrons. The third-order valence-electron chi connectivity index (χ3n) is 2.20. The molecule has 1 aromatic heterocycles. The van der Waals surface area contributed by atoms with Gasteiger partial charge in [-0.2, -0.15) is 0 Å². The number of benzene rings is 1. The van der Waals surface area contributed by atoms with Crippen LogP contribution in [-0.2, 0) is 0 Å². The van der Waals surface area contributed by atoms with Crippen molar-refractivity contribution in [3.63, 3.8) is 0 Å². The summed E-state index contributed by atoms with van der Waals surface area (Å²) in [5.41, 5.74) is 0.735. The number of aliphatic hydroxyl groups excluding tert-OH is 1. The molecular weight excluding hydrogens is 256 g/mol. The summed E-state index contributed by atoms with van der Waals surface area (Å²) in [4.78, 5) is 8.96. The van der Waals surface area contributed by atoms with Crippen LogP contribution in [0.25, 0.3) is 0 Å². The molecule has 5 heteroatoms. The molecule has 0 aliphatic heterocycles. The number of aromatic nitrogens is 2. The molecule has 0 saturated heterocycles. The molecule has 0 saturated carbocycles. The summed E-state index contributed by atoms with van der Waals surface area (Å²) in [7, 11) is 0. The first-order valence-electron chi connectivity index (χ1n) is 5.08. The Kier molecular flexibility index (Phi) is 3.99. The number of hydrogen-bond acceptors (Lipinski definition) is 4. The number of nitrogens with zero attached hydrogens (tertiary/aromatic N) is 2. The van der Waals surface area contributed by atoms with E-state index in [0.717, 1.165) is 15.5 Å². The third-order valence-corrected chi connectivity index (χ3v) is 3.47. The normalized spacial score (nSPS) is 12.4. The van der Waals surface area contributed by atoms with Gasteiger partial charge >= 0.3 is 0 Å². The van der Waals surface area contributed by atoms with Crippen LogP contribution in [0.4, 0.5) is 0 Å². The zero-order valence-electron chi connectivity index (χ0n) is 9.17. The highest BCUT2D eigenvalue weighted by atomic mass is 35.5. The lowest BCUT2D eigenvalue weighted by molar-refractivity contribution is 0.199. The molecule has 17 heavy (non-hydrogen) atoms. The van der Waals surface area contributed by atoms with Crippen LogP contribution < -0.4 is 0 Å². The van der Waals surface area contributed by atoms with E-state index in [-0.39, 0.29) is 0 Å². The van der Waals surface area contributed by atoms with Crippen LogP contribution in [0.2, 0.25) is 5.02 Å². The summed E-state index contributed by atoms with van der Waals surface area (Å²) in [6.45, 7) is 1.69.